The number of hydrogen-bond donors (Lipinski definition) is 0. The summed E-state index contributed by atoms with van der Waals surface area (Å²) in [6, 6.07) is 10.6. The third kappa shape index (κ3) is 3.05. The second-order valence-electron chi connectivity index (χ2n) is 5.67. The number of aryl methyl sites for hydroxylation is 1. The van der Waals surface area contributed by atoms with Crippen molar-refractivity contribution in [1.29, 1.82) is 0 Å². The number of hydrogen-bond acceptors (Lipinski definition) is 5. The van der Waals surface area contributed by atoms with Crippen LogP contribution in [0, 0.1) is 17.0 Å². The molecule has 2 aromatic rings. The molecule has 1 fully saturated rings. The molecule has 1 heterocycles. The molecule has 0 aromatic heterocycles. The summed E-state index contributed by atoms with van der Waals surface area (Å²) in [6.07, 6.45) is 0. The molecule has 1 aliphatic rings. The predicted molar refractivity (Wildman–Crippen MR) is 96.0 cm³/mol. The van der Waals surface area contributed by atoms with E-state index in [1.54, 1.807) is 18.2 Å². The van der Waals surface area contributed by atoms with Crippen molar-refractivity contribution < 1.29 is 18.1 Å². The van der Waals surface area contributed by atoms with Gasteiger partial charge in [-0.05, 0) is 36.8 Å². The molecule has 1 amide bonds. The number of nitro benzene ring substituents is 1. The Morgan fingerprint density at radius 2 is 1.92 bits per heavy atom. The van der Waals surface area contributed by atoms with E-state index >= 15 is 0 Å². The van der Waals surface area contributed by atoms with Crippen LogP contribution in [-0.4, -0.2) is 25.0 Å². The summed E-state index contributed by atoms with van der Waals surface area (Å²) in [5.41, 5.74) is 0.856. The predicted octanol–water partition coefficient (Wildman–Crippen LogP) is 3.13. The number of nitro groups is 1. The zero-order valence-electron chi connectivity index (χ0n) is 13.0. The highest BCUT2D eigenvalue weighted by atomic mass is 79.9. The minimum absolute atomic E-state index is 0.0149. The summed E-state index contributed by atoms with van der Waals surface area (Å²) in [5.74, 6) is -1.29. The van der Waals surface area contributed by atoms with Crippen LogP contribution in [0.25, 0.3) is 0 Å². The third-order valence-electron chi connectivity index (χ3n) is 3.99. The molecule has 0 bridgehead atoms. The molecular formula is C16H13BrN2O5S. The van der Waals surface area contributed by atoms with Crippen molar-refractivity contribution >= 4 is 43.0 Å². The first-order chi connectivity index (χ1) is 11.7. The molecule has 0 radical (unpaired) electrons. The molecule has 1 atom stereocenters. The minimum atomic E-state index is -3.91. The van der Waals surface area contributed by atoms with E-state index in [9.17, 15) is 23.3 Å². The van der Waals surface area contributed by atoms with Gasteiger partial charge in [0.15, 0.2) is 15.2 Å². The standard InChI is InChI=1S/C16H13BrN2O5S/c1-10-8-11(6-7-13(10)17)18-15(20)9-25(23,24)16(18)12-4-2-3-5-14(12)19(21)22/h2-8,16H,9H2,1H3. The van der Waals surface area contributed by atoms with Crippen LogP contribution in [0.15, 0.2) is 46.9 Å². The first kappa shape index (κ1) is 17.6. The molecule has 1 aliphatic heterocycles. The Kier molecular flexibility index (Phi) is 4.38. The van der Waals surface area contributed by atoms with Crippen LogP contribution >= 0.6 is 15.9 Å². The topological polar surface area (TPSA) is 97.6 Å². The van der Waals surface area contributed by atoms with Crippen molar-refractivity contribution in [2.45, 2.75) is 12.3 Å². The molecule has 130 valence electrons. The van der Waals surface area contributed by atoms with Crippen molar-refractivity contribution in [3.8, 4) is 0 Å². The summed E-state index contributed by atoms with van der Waals surface area (Å²) in [6.45, 7) is 1.81. The Labute approximate surface area is 152 Å². The second-order valence-corrected chi connectivity index (χ2v) is 8.59. The first-order valence-corrected chi connectivity index (χ1v) is 9.76. The van der Waals surface area contributed by atoms with E-state index in [1.807, 2.05) is 6.92 Å². The van der Waals surface area contributed by atoms with Crippen molar-refractivity contribution in [2.75, 3.05) is 10.7 Å². The van der Waals surface area contributed by atoms with Crippen molar-refractivity contribution in [2.24, 2.45) is 0 Å². The molecule has 9 heteroatoms. The van der Waals surface area contributed by atoms with Gasteiger partial charge < -0.3 is 0 Å². The number of amides is 1. The SMILES string of the molecule is Cc1cc(N2C(=O)CS(=O)(=O)C2c2ccccc2[N+](=O)[O-])ccc1Br. The fraction of sp³-hybridized carbons (Fsp3) is 0.188. The number of benzene rings is 2. The van der Waals surface area contributed by atoms with E-state index < -0.39 is 31.8 Å². The number of carbonyl (C=O) groups excluding carboxylic acids is 1. The first-order valence-electron chi connectivity index (χ1n) is 7.25. The van der Waals surface area contributed by atoms with Gasteiger partial charge in [-0.25, -0.2) is 8.42 Å². The Morgan fingerprint density at radius 1 is 1.24 bits per heavy atom. The molecule has 0 spiro atoms. The lowest BCUT2D eigenvalue weighted by Gasteiger charge is -2.24. The highest BCUT2D eigenvalue weighted by molar-refractivity contribution is 9.10. The maximum atomic E-state index is 12.6. The maximum absolute atomic E-state index is 12.6. The van der Waals surface area contributed by atoms with Crippen LogP contribution in [0.2, 0.25) is 0 Å². The third-order valence-corrected chi connectivity index (χ3v) is 6.67. The lowest BCUT2D eigenvalue weighted by atomic mass is 10.1. The fourth-order valence-electron chi connectivity index (χ4n) is 2.87. The van der Waals surface area contributed by atoms with Gasteiger partial charge in [-0.15, -0.1) is 0 Å². The number of halogens is 1. The van der Waals surface area contributed by atoms with Gasteiger partial charge in [-0.3, -0.25) is 19.8 Å². The van der Waals surface area contributed by atoms with Crippen molar-refractivity contribution in [3.05, 3.63) is 68.2 Å². The van der Waals surface area contributed by atoms with Gasteiger partial charge in [-0.1, -0.05) is 28.1 Å². The van der Waals surface area contributed by atoms with Gasteiger partial charge in [0.1, 0.15) is 5.75 Å². The van der Waals surface area contributed by atoms with Crippen LogP contribution < -0.4 is 4.90 Å². The normalized spacial score (nSPS) is 19.2. The Balaban J connectivity index is 2.22. The van der Waals surface area contributed by atoms with Crippen molar-refractivity contribution in [3.63, 3.8) is 0 Å². The highest BCUT2D eigenvalue weighted by Gasteiger charge is 2.48. The smallest absolute Gasteiger partial charge is 0.275 e. The average molecular weight is 425 g/mol. The van der Waals surface area contributed by atoms with Crippen LogP contribution in [-0.2, 0) is 14.6 Å². The Morgan fingerprint density at radius 3 is 2.56 bits per heavy atom. The summed E-state index contributed by atoms with van der Waals surface area (Å²) < 4.78 is 26.0. The van der Waals surface area contributed by atoms with E-state index in [2.05, 4.69) is 15.9 Å². The Bertz CT molecular complexity index is 990. The van der Waals surface area contributed by atoms with Gasteiger partial charge in [0, 0.05) is 16.2 Å². The zero-order valence-corrected chi connectivity index (χ0v) is 15.5. The van der Waals surface area contributed by atoms with Crippen LogP contribution in [0.3, 0.4) is 0 Å². The summed E-state index contributed by atoms with van der Waals surface area (Å²) in [4.78, 5) is 24.2. The van der Waals surface area contributed by atoms with E-state index in [1.165, 1.54) is 24.3 Å². The molecule has 0 N–H and O–H groups in total. The van der Waals surface area contributed by atoms with E-state index in [0.29, 0.717) is 5.69 Å². The lowest BCUT2D eigenvalue weighted by molar-refractivity contribution is -0.385. The Hall–Kier alpha value is -2.26. The molecular weight excluding hydrogens is 412 g/mol. The number of sulfone groups is 1. The second kappa shape index (κ2) is 6.23. The lowest BCUT2D eigenvalue weighted by Crippen LogP contribution is -2.29. The largest absolute Gasteiger partial charge is 0.289 e. The molecule has 3 rings (SSSR count). The molecule has 0 aliphatic carbocycles. The van der Waals surface area contributed by atoms with Gasteiger partial charge in [0.2, 0.25) is 5.91 Å². The number of anilines is 1. The van der Waals surface area contributed by atoms with Gasteiger partial charge in [0.05, 0.1) is 10.5 Å². The van der Waals surface area contributed by atoms with Gasteiger partial charge in [-0.2, -0.15) is 0 Å². The van der Waals surface area contributed by atoms with Gasteiger partial charge in [0.25, 0.3) is 5.69 Å². The summed E-state index contributed by atoms with van der Waals surface area (Å²) in [7, 11) is -3.91. The molecule has 0 saturated carbocycles. The summed E-state index contributed by atoms with van der Waals surface area (Å²) in [5, 5.41) is 9.90. The molecule has 1 saturated heterocycles. The number of rotatable bonds is 3. The maximum Gasteiger partial charge on any atom is 0.275 e. The van der Waals surface area contributed by atoms with E-state index in [0.717, 1.165) is 14.9 Å². The van der Waals surface area contributed by atoms with E-state index in [4.69, 9.17) is 0 Å². The van der Waals surface area contributed by atoms with Crippen LogP contribution in [0.1, 0.15) is 16.5 Å². The molecule has 7 nitrogen and oxygen atoms in total. The number of carbonyl (C=O) groups is 1. The molecule has 25 heavy (non-hydrogen) atoms. The molecule has 2 aromatic carbocycles. The van der Waals surface area contributed by atoms with E-state index in [-0.39, 0.29) is 11.3 Å². The van der Waals surface area contributed by atoms with Crippen LogP contribution in [0.4, 0.5) is 11.4 Å². The molecule has 1 unspecified atom stereocenters. The van der Waals surface area contributed by atoms with Crippen LogP contribution in [0.5, 0.6) is 0 Å². The number of nitrogens with zero attached hydrogens (tertiary/aromatic N) is 2. The average Bonchev–Trinajstić information content (AvgIpc) is 2.78. The zero-order chi connectivity index (χ0) is 18.4. The van der Waals surface area contributed by atoms with Gasteiger partial charge >= 0.3 is 0 Å². The number of para-hydroxylation sites is 1. The fourth-order valence-corrected chi connectivity index (χ4v) is 4.90. The minimum Gasteiger partial charge on any atom is -0.289 e. The quantitative estimate of drug-likeness (QED) is 0.556. The summed E-state index contributed by atoms with van der Waals surface area (Å²) >= 11 is 3.36. The monoisotopic (exact) mass is 424 g/mol. The van der Waals surface area contributed by atoms with Crippen molar-refractivity contribution in [1.82, 2.24) is 0 Å². The highest BCUT2D eigenvalue weighted by Crippen LogP contribution is 2.41.